The Hall–Kier alpha value is -3.02. The Balaban J connectivity index is 2.17. The van der Waals surface area contributed by atoms with Crippen LogP contribution in [0, 0.1) is 24.5 Å². The normalized spacial score (nSPS) is 17.0. The predicted molar refractivity (Wildman–Crippen MR) is 102 cm³/mol. The van der Waals surface area contributed by atoms with Crippen LogP contribution >= 0.6 is 0 Å². The topological polar surface area (TPSA) is 57.6 Å². The number of Topliss-reactive ketones (excluding diaryl/α,β-unsaturated/α-hetero) is 1. The minimum absolute atomic E-state index is 0.0194. The molecule has 0 bridgehead atoms. The molecule has 28 heavy (non-hydrogen) atoms. The van der Waals surface area contributed by atoms with Gasteiger partial charge in [0, 0.05) is 18.2 Å². The highest BCUT2D eigenvalue weighted by molar-refractivity contribution is 6.16. The number of nitrogens with zero attached hydrogens (tertiary/aromatic N) is 1. The zero-order valence-electron chi connectivity index (χ0n) is 15.9. The first-order valence-corrected chi connectivity index (χ1v) is 9.02. The van der Waals surface area contributed by atoms with Crippen molar-refractivity contribution in [3.8, 4) is 0 Å². The van der Waals surface area contributed by atoms with E-state index in [0.717, 1.165) is 22.6 Å². The number of aliphatic hydroxyl groups is 1. The second-order valence-corrected chi connectivity index (χ2v) is 7.37. The molecule has 0 aromatic heterocycles. The van der Waals surface area contributed by atoms with E-state index in [2.05, 4.69) is 0 Å². The summed E-state index contributed by atoms with van der Waals surface area (Å²) in [7, 11) is 0. The number of aryl methyl sites for hydroxylation is 1. The summed E-state index contributed by atoms with van der Waals surface area (Å²) >= 11 is 0. The van der Waals surface area contributed by atoms with Gasteiger partial charge >= 0.3 is 0 Å². The number of carbonyl (C=O) groups excluding carboxylic acids is 2. The highest BCUT2D eigenvalue weighted by Crippen LogP contribution is 2.42. The molecule has 1 atom stereocenters. The van der Waals surface area contributed by atoms with Crippen molar-refractivity contribution in [3.63, 3.8) is 0 Å². The van der Waals surface area contributed by atoms with Crippen LogP contribution in [0.5, 0.6) is 0 Å². The van der Waals surface area contributed by atoms with Gasteiger partial charge in [0.15, 0.2) is 23.2 Å². The Morgan fingerprint density at radius 2 is 1.86 bits per heavy atom. The zero-order chi connectivity index (χ0) is 20.6. The van der Waals surface area contributed by atoms with Gasteiger partial charge in [-0.25, -0.2) is 8.78 Å². The lowest BCUT2D eigenvalue weighted by Gasteiger charge is -2.27. The van der Waals surface area contributed by atoms with Gasteiger partial charge in [0.05, 0.1) is 11.6 Å². The van der Waals surface area contributed by atoms with Crippen molar-refractivity contribution in [2.75, 3.05) is 4.90 Å². The largest absolute Gasteiger partial charge is 0.503 e. The van der Waals surface area contributed by atoms with Gasteiger partial charge in [-0.2, -0.15) is 0 Å². The van der Waals surface area contributed by atoms with Crippen molar-refractivity contribution in [1.82, 2.24) is 0 Å². The predicted octanol–water partition coefficient (Wildman–Crippen LogP) is 4.79. The number of ketones is 1. The monoisotopic (exact) mass is 385 g/mol. The third-order valence-corrected chi connectivity index (χ3v) is 4.64. The summed E-state index contributed by atoms with van der Waals surface area (Å²) in [6.45, 7) is 5.59. The molecule has 0 saturated carbocycles. The van der Waals surface area contributed by atoms with Gasteiger partial charge in [-0.15, -0.1) is 0 Å². The molecule has 146 valence electrons. The van der Waals surface area contributed by atoms with Gasteiger partial charge in [0.25, 0.3) is 5.91 Å². The third-order valence-electron chi connectivity index (χ3n) is 4.64. The Labute approximate surface area is 162 Å². The number of aliphatic hydroxyl groups excluding tert-OH is 1. The van der Waals surface area contributed by atoms with Crippen molar-refractivity contribution in [2.24, 2.45) is 5.92 Å². The average molecular weight is 385 g/mol. The van der Waals surface area contributed by atoms with Crippen LogP contribution < -0.4 is 4.90 Å². The Morgan fingerprint density at radius 3 is 2.46 bits per heavy atom. The van der Waals surface area contributed by atoms with Gasteiger partial charge in [-0.05, 0) is 30.5 Å². The molecule has 3 rings (SSSR count). The molecule has 2 aromatic rings. The van der Waals surface area contributed by atoms with Crippen LogP contribution in [-0.2, 0) is 9.59 Å². The van der Waals surface area contributed by atoms with Crippen molar-refractivity contribution < 1.29 is 23.5 Å². The van der Waals surface area contributed by atoms with E-state index in [1.807, 2.05) is 26.8 Å². The SMILES string of the molecule is Cc1cccc(C2C(C(=O)CC(C)C)=C(O)C(=O)N2c2ccc(F)c(F)c2)c1. The summed E-state index contributed by atoms with van der Waals surface area (Å²) in [4.78, 5) is 26.8. The van der Waals surface area contributed by atoms with Crippen molar-refractivity contribution in [1.29, 1.82) is 0 Å². The van der Waals surface area contributed by atoms with Gasteiger partial charge in [0.1, 0.15) is 0 Å². The molecule has 0 fully saturated rings. The lowest BCUT2D eigenvalue weighted by atomic mass is 9.91. The number of benzene rings is 2. The van der Waals surface area contributed by atoms with E-state index in [1.54, 1.807) is 18.2 Å². The smallest absolute Gasteiger partial charge is 0.294 e. The van der Waals surface area contributed by atoms with Crippen LogP contribution in [0.25, 0.3) is 0 Å². The first-order chi connectivity index (χ1) is 13.2. The highest BCUT2D eigenvalue weighted by atomic mass is 19.2. The molecule has 0 saturated heterocycles. The number of amides is 1. The fraction of sp³-hybridized carbons (Fsp3) is 0.273. The zero-order valence-corrected chi connectivity index (χ0v) is 15.9. The molecule has 1 N–H and O–H groups in total. The fourth-order valence-corrected chi connectivity index (χ4v) is 3.43. The molecule has 1 aliphatic heterocycles. The van der Waals surface area contributed by atoms with Gasteiger partial charge in [-0.3, -0.25) is 14.5 Å². The van der Waals surface area contributed by atoms with Gasteiger partial charge in [0.2, 0.25) is 0 Å². The van der Waals surface area contributed by atoms with Crippen LogP contribution in [0.3, 0.4) is 0 Å². The molecule has 6 heteroatoms. The minimum atomic E-state index is -1.12. The Morgan fingerprint density at radius 1 is 1.14 bits per heavy atom. The van der Waals surface area contributed by atoms with Crippen LogP contribution in [-0.4, -0.2) is 16.8 Å². The number of anilines is 1. The quantitative estimate of drug-likeness (QED) is 0.805. The summed E-state index contributed by atoms with van der Waals surface area (Å²) in [6.07, 6.45) is 0.153. The molecule has 2 aromatic carbocycles. The maximum Gasteiger partial charge on any atom is 0.294 e. The summed E-state index contributed by atoms with van der Waals surface area (Å²) in [5.41, 5.74) is 1.55. The molecule has 1 aliphatic rings. The molecule has 0 radical (unpaired) electrons. The van der Waals surface area contributed by atoms with Crippen molar-refractivity contribution in [2.45, 2.75) is 33.2 Å². The van der Waals surface area contributed by atoms with E-state index < -0.39 is 29.3 Å². The van der Waals surface area contributed by atoms with E-state index in [4.69, 9.17) is 0 Å². The molecule has 1 heterocycles. The maximum atomic E-state index is 13.8. The van der Waals surface area contributed by atoms with E-state index in [9.17, 15) is 23.5 Å². The lowest BCUT2D eigenvalue weighted by molar-refractivity contribution is -0.118. The molecular formula is C22H21F2NO3. The molecule has 0 spiro atoms. The van der Waals surface area contributed by atoms with E-state index in [-0.39, 0.29) is 29.4 Å². The second-order valence-electron chi connectivity index (χ2n) is 7.37. The maximum absolute atomic E-state index is 13.8. The van der Waals surface area contributed by atoms with Gasteiger partial charge in [-0.1, -0.05) is 43.7 Å². The minimum Gasteiger partial charge on any atom is -0.503 e. The summed E-state index contributed by atoms with van der Waals surface area (Å²) in [5.74, 6) is -3.95. The number of hydrogen-bond donors (Lipinski definition) is 1. The first kappa shape index (κ1) is 19.7. The number of carbonyl (C=O) groups is 2. The van der Waals surface area contributed by atoms with Gasteiger partial charge < -0.3 is 5.11 Å². The Bertz CT molecular complexity index is 981. The van der Waals surface area contributed by atoms with E-state index in [0.29, 0.717) is 5.56 Å². The van der Waals surface area contributed by atoms with Crippen LogP contribution in [0.1, 0.15) is 37.4 Å². The highest BCUT2D eigenvalue weighted by Gasteiger charge is 2.44. The lowest BCUT2D eigenvalue weighted by Crippen LogP contribution is -2.31. The Kier molecular flexibility index (Phi) is 5.31. The molecular weight excluding hydrogens is 364 g/mol. The number of halogens is 2. The fourth-order valence-electron chi connectivity index (χ4n) is 3.43. The summed E-state index contributed by atoms with van der Waals surface area (Å²) in [6, 6.07) is 9.31. The molecule has 4 nitrogen and oxygen atoms in total. The molecule has 0 aliphatic carbocycles. The third kappa shape index (κ3) is 3.54. The summed E-state index contributed by atoms with van der Waals surface area (Å²) < 4.78 is 27.2. The number of rotatable bonds is 5. The standard InChI is InChI=1S/C22H21F2NO3/c1-12(2)9-18(26)19-20(14-6-4-5-13(3)10-14)25(22(28)21(19)27)15-7-8-16(23)17(24)11-15/h4-8,10-12,20,27H,9H2,1-3H3. The molecule has 1 unspecified atom stereocenters. The van der Waals surface area contributed by atoms with E-state index in [1.165, 1.54) is 6.07 Å². The first-order valence-electron chi connectivity index (χ1n) is 9.02. The van der Waals surface area contributed by atoms with E-state index >= 15 is 0 Å². The average Bonchev–Trinajstić information content (AvgIpc) is 2.88. The van der Waals surface area contributed by atoms with Crippen molar-refractivity contribution >= 4 is 17.4 Å². The number of hydrogen-bond acceptors (Lipinski definition) is 3. The van der Waals surface area contributed by atoms with Crippen LogP contribution in [0.2, 0.25) is 0 Å². The second kappa shape index (κ2) is 7.54. The van der Waals surface area contributed by atoms with Crippen molar-refractivity contribution in [3.05, 3.63) is 76.6 Å². The summed E-state index contributed by atoms with van der Waals surface area (Å²) in [5, 5.41) is 10.5. The van der Waals surface area contributed by atoms with Crippen LogP contribution in [0.15, 0.2) is 53.8 Å². The molecule has 1 amide bonds. The van der Waals surface area contributed by atoms with Crippen LogP contribution in [0.4, 0.5) is 14.5 Å².